The van der Waals surface area contributed by atoms with Gasteiger partial charge in [0.2, 0.25) is 0 Å². The molecule has 1 aliphatic heterocycles. The van der Waals surface area contributed by atoms with Crippen LogP contribution in [0.25, 0.3) is 11.8 Å². The van der Waals surface area contributed by atoms with E-state index in [1.807, 2.05) is 30.5 Å². The molecule has 33 heavy (non-hydrogen) atoms. The van der Waals surface area contributed by atoms with Crippen LogP contribution in [0.2, 0.25) is 20.1 Å². The quantitative estimate of drug-likeness (QED) is 0.234. The molecular weight excluding hydrogens is 524 g/mol. The Morgan fingerprint density at radius 1 is 0.909 bits per heavy atom. The molecule has 4 rings (SSSR count). The van der Waals surface area contributed by atoms with Crippen LogP contribution in [0.15, 0.2) is 48.0 Å². The molecule has 0 aliphatic carbocycles. The van der Waals surface area contributed by atoms with E-state index in [0.29, 0.717) is 26.3 Å². The zero-order chi connectivity index (χ0) is 24.0. The lowest BCUT2D eigenvalue weighted by Crippen LogP contribution is -2.54. The summed E-state index contributed by atoms with van der Waals surface area (Å²) in [4.78, 5) is 27.2. The Morgan fingerprint density at radius 2 is 1.64 bits per heavy atom. The number of carbonyl (C=O) groups is 2. The minimum absolute atomic E-state index is 0.0624. The van der Waals surface area contributed by atoms with Gasteiger partial charge in [-0.3, -0.25) is 19.8 Å². The van der Waals surface area contributed by atoms with E-state index in [9.17, 15) is 9.59 Å². The zero-order valence-electron chi connectivity index (χ0n) is 17.2. The van der Waals surface area contributed by atoms with Crippen molar-refractivity contribution in [3.05, 3.63) is 85.1 Å². The number of halogens is 4. The number of aryl methyl sites for hydroxylation is 1. The van der Waals surface area contributed by atoms with Crippen molar-refractivity contribution < 1.29 is 9.59 Å². The molecule has 10 heteroatoms. The normalized spacial score (nSPS) is 15.4. The maximum Gasteiger partial charge on any atom is 0.270 e. The summed E-state index contributed by atoms with van der Waals surface area (Å²) in [5.74, 6) is -1.18. The smallest absolute Gasteiger partial charge is 0.270 e. The molecule has 0 unspecified atom stereocenters. The standard InChI is InChI=1S/C23H15Cl4N3O2S/c1-11-7-13(12(2)29(11)15-4-5-17(25)18(26)10-15)8-16-21(31)28-23(33)30(22(16)32)20-6-3-14(24)9-19(20)27/h3-10H,1-2H3,(H,28,31,33). The molecule has 0 spiro atoms. The van der Waals surface area contributed by atoms with E-state index in [1.165, 1.54) is 17.0 Å². The summed E-state index contributed by atoms with van der Waals surface area (Å²) in [6, 6.07) is 11.8. The molecule has 0 bridgehead atoms. The van der Waals surface area contributed by atoms with E-state index in [1.54, 1.807) is 24.3 Å². The van der Waals surface area contributed by atoms with Crippen molar-refractivity contribution >= 4 is 87.3 Å². The monoisotopic (exact) mass is 537 g/mol. The lowest BCUT2D eigenvalue weighted by Gasteiger charge is -2.29. The lowest BCUT2D eigenvalue weighted by atomic mass is 10.1. The number of benzene rings is 2. The third-order valence-corrected chi connectivity index (χ3v) is 6.75. The fraction of sp³-hybridized carbons (Fsp3) is 0.0870. The number of thiocarbonyl (C=S) groups is 1. The molecule has 1 aliphatic rings. The highest BCUT2D eigenvalue weighted by Crippen LogP contribution is 2.32. The molecule has 2 aromatic carbocycles. The SMILES string of the molecule is Cc1cc(C=C2C(=O)NC(=S)N(c3ccc(Cl)cc3Cl)C2=O)c(C)n1-c1ccc(Cl)c(Cl)c1. The first-order chi connectivity index (χ1) is 15.6. The molecule has 0 atom stereocenters. The van der Waals surface area contributed by atoms with Gasteiger partial charge >= 0.3 is 0 Å². The molecule has 5 nitrogen and oxygen atoms in total. The average Bonchev–Trinajstić information content (AvgIpc) is 3.02. The lowest BCUT2D eigenvalue weighted by molar-refractivity contribution is -0.122. The maximum absolute atomic E-state index is 13.3. The summed E-state index contributed by atoms with van der Waals surface area (Å²) in [6.45, 7) is 3.79. The number of aromatic nitrogens is 1. The molecule has 1 fully saturated rings. The predicted molar refractivity (Wildman–Crippen MR) is 138 cm³/mol. The number of nitrogens with one attached hydrogen (secondary N) is 1. The van der Waals surface area contributed by atoms with Gasteiger partial charge in [-0.05, 0) is 80.2 Å². The first kappa shape index (κ1) is 23.8. The summed E-state index contributed by atoms with van der Waals surface area (Å²) in [7, 11) is 0. The molecule has 0 radical (unpaired) electrons. The molecule has 1 aromatic heterocycles. The van der Waals surface area contributed by atoms with Crippen molar-refractivity contribution in [3.63, 3.8) is 0 Å². The van der Waals surface area contributed by atoms with Gasteiger partial charge < -0.3 is 4.57 Å². The third kappa shape index (κ3) is 4.42. The highest BCUT2D eigenvalue weighted by atomic mass is 35.5. The van der Waals surface area contributed by atoms with Gasteiger partial charge in [0.05, 0.1) is 20.8 Å². The summed E-state index contributed by atoms with van der Waals surface area (Å²) >= 11 is 29.7. The molecule has 1 saturated heterocycles. The Bertz CT molecular complexity index is 1380. The Kier molecular flexibility index (Phi) is 6.58. The van der Waals surface area contributed by atoms with Crippen LogP contribution in [0.4, 0.5) is 5.69 Å². The van der Waals surface area contributed by atoms with Crippen molar-refractivity contribution in [2.75, 3.05) is 4.90 Å². The highest BCUT2D eigenvalue weighted by Gasteiger charge is 2.35. The largest absolute Gasteiger partial charge is 0.318 e. The fourth-order valence-corrected chi connectivity index (χ4v) is 4.71. The topological polar surface area (TPSA) is 54.3 Å². The van der Waals surface area contributed by atoms with Gasteiger partial charge in [-0.1, -0.05) is 46.4 Å². The maximum atomic E-state index is 13.3. The van der Waals surface area contributed by atoms with Gasteiger partial charge in [0.25, 0.3) is 11.8 Å². The van der Waals surface area contributed by atoms with Gasteiger partial charge in [-0.15, -0.1) is 0 Å². The van der Waals surface area contributed by atoms with Crippen molar-refractivity contribution in [3.8, 4) is 5.69 Å². The van der Waals surface area contributed by atoms with Crippen LogP contribution in [0.5, 0.6) is 0 Å². The zero-order valence-corrected chi connectivity index (χ0v) is 21.1. The van der Waals surface area contributed by atoms with Gasteiger partial charge in [-0.25, -0.2) is 0 Å². The molecule has 0 saturated carbocycles. The number of carbonyl (C=O) groups excluding carboxylic acids is 2. The number of hydrogen-bond acceptors (Lipinski definition) is 3. The summed E-state index contributed by atoms with van der Waals surface area (Å²) in [5, 5.41) is 4.01. The molecule has 2 amide bonds. The second-order valence-corrected chi connectivity index (χ2v) is 9.36. The molecule has 1 N–H and O–H groups in total. The second kappa shape index (κ2) is 9.12. The van der Waals surface area contributed by atoms with Crippen LogP contribution in [0.1, 0.15) is 17.0 Å². The number of nitrogens with zero attached hydrogens (tertiary/aromatic N) is 2. The summed E-state index contributed by atoms with van der Waals surface area (Å²) < 4.78 is 1.96. The number of hydrogen-bond donors (Lipinski definition) is 1. The fourth-order valence-electron chi connectivity index (χ4n) is 3.65. The minimum atomic E-state index is -0.592. The van der Waals surface area contributed by atoms with Crippen LogP contribution in [-0.4, -0.2) is 21.5 Å². The summed E-state index contributed by atoms with van der Waals surface area (Å²) in [5.41, 5.74) is 3.43. The molecule has 168 valence electrons. The van der Waals surface area contributed by atoms with Crippen LogP contribution in [-0.2, 0) is 9.59 Å². The third-order valence-electron chi connectivity index (χ3n) is 5.18. The van der Waals surface area contributed by atoms with Crippen LogP contribution in [0.3, 0.4) is 0 Å². The van der Waals surface area contributed by atoms with Crippen LogP contribution >= 0.6 is 58.6 Å². The van der Waals surface area contributed by atoms with E-state index >= 15 is 0 Å². The second-order valence-electron chi connectivity index (χ2n) is 7.31. The first-order valence-corrected chi connectivity index (χ1v) is 11.5. The Morgan fingerprint density at radius 3 is 2.30 bits per heavy atom. The predicted octanol–water partition coefficient (Wildman–Crippen LogP) is 6.54. The van der Waals surface area contributed by atoms with Crippen molar-refractivity contribution in [1.29, 1.82) is 0 Å². The van der Waals surface area contributed by atoms with Crippen molar-refractivity contribution in [2.45, 2.75) is 13.8 Å². The van der Waals surface area contributed by atoms with Crippen molar-refractivity contribution in [1.82, 2.24) is 9.88 Å². The molecule has 2 heterocycles. The highest BCUT2D eigenvalue weighted by molar-refractivity contribution is 7.80. The number of amides is 2. The van der Waals surface area contributed by atoms with Crippen molar-refractivity contribution in [2.24, 2.45) is 0 Å². The molecule has 3 aromatic rings. The Labute approximate surface area is 215 Å². The van der Waals surface area contributed by atoms with Gasteiger partial charge in [0.1, 0.15) is 5.57 Å². The van der Waals surface area contributed by atoms with Gasteiger partial charge in [0.15, 0.2) is 5.11 Å². The van der Waals surface area contributed by atoms with Crippen LogP contribution < -0.4 is 10.2 Å². The molecular formula is C23H15Cl4N3O2S. The van der Waals surface area contributed by atoms with E-state index in [2.05, 4.69) is 5.32 Å². The van der Waals surface area contributed by atoms with E-state index in [-0.39, 0.29) is 15.7 Å². The first-order valence-electron chi connectivity index (χ1n) is 9.59. The number of rotatable bonds is 3. The summed E-state index contributed by atoms with van der Waals surface area (Å²) in [6.07, 6.45) is 1.53. The van der Waals surface area contributed by atoms with Gasteiger partial charge in [-0.2, -0.15) is 0 Å². The number of anilines is 1. The Hall–Kier alpha value is -2.35. The minimum Gasteiger partial charge on any atom is -0.318 e. The Balaban J connectivity index is 1.78. The average molecular weight is 539 g/mol. The van der Waals surface area contributed by atoms with Gasteiger partial charge in [0, 0.05) is 22.1 Å². The van der Waals surface area contributed by atoms with Crippen LogP contribution in [0, 0.1) is 13.8 Å². The van der Waals surface area contributed by atoms with E-state index < -0.39 is 11.8 Å². The van der Waals surface area contributed by atoms with E-state index in [0.717, 1.165) is 17.1 Å². The van der Waals surface area contributed by atoms with E-state index in [4.69, 9.17) is 58.6 Å².